The molecule has 0 atom stereocenters. The van der Waals surface area contributed by atoms with E-state index in [2.05, 4.69) is 62.3 Å². The van der Waals surface area contributed by atoms with Crippen LogP contribution in [0.3, 0.4) is 0 Å². The lowest BCUT2D eigenvalue weighted by molar-refractivity contribution is 1.28. The van der Waals surface area contributed by atoms with Crippen molar-refractivity contribution in [3.05, 3.63) is 22.4 Å². The van der Waals surface area contributed by atoms with E-state index in [1.54, 1.807) is 12.4 Å². The van der Waals surface area contributed by atoms with Gasteiger partial charge in [0.05, 0.1) is 5.56 Å². The number of hydrogen-bond donors (Lipinski definition) is 2. The van der Waals surface area contributed by atoms with Gasteiger partial charge in [-0.2, -0.15) is 0 Å². The van der Waals surface area contributed by atoms with Crippen LogP contribution in [0.5, 0.6) is 0 Å². The smallest absolute Gasteiger partial charge is 0.139 e. The van der Waals surface area contributed by atoms with Crippen LogP contribution in [0.4, 0.5) is 11.6 Å². The van der Waals surface area contributed by atoms with Crippen molar-refractivity contribution in [1.82, 2.24) is 9.97 Å². The normalized spacial score (nSPS) is 11.1. The quantitative estimate of drug-likeness (QED) is 0.613. The number of nitrogens with one attached hydrogen (secondary N) is 1. The van der Waals surface area contributed by atoms with Crippen LogP contribution in [0.15, 0.2) is 16.9 Å². The number of nitrogen functional groups attached to an aromatic ring is 1. The number of rotatable bonds is 1. The lowest BCUT2D eigenvalue weighted by Gasteiger charge is -2.10. The second-order valence-corrected chi connectivity index (χ2v) is 11.1. The summed E-state index contributed by atoms with van der Waals surface area (Å²) in [7, 11) is 0.352. The Morgan fingerprint density at radius 1 is 1.25 bits per heavy atom. The molecule has 0 saturated carbocycles. The topological polar surface area (TPSA) is 63.8 Å². The van der Waals surface area contributed by atoms with E-state index < -0.39 is 8.07 Å². The van der Waals surface area contributed by atoms with Gasteiger partial charge in [-0.05, 0) is 15.9 Å². The molecule has 2 aromatic heterocycles. The molecule has 0 saturated heterocycles. The monoisotopic (exact) mass is 348 g/mol. The lowest BCUT2D eigenvalue weighted by Crippen LogP contribution is -2.16. The summed E-state index contributed by atoms with van der Waals surface area (Å²) in [5.41, 5.74) is 10.1. The number of anilines is 2. The van der Waals surface area contributed by atoms with Crippen LogP contribution >= 0.6 is 15.9 Å². The van der Waals surface area contributed by atoms with Crippen molar-refractivity contribution in [2.75, 3.05) is 18.1 Å². The minimum Gasteiger partial charge on any atom is -0.383 e. The molecule has 0 aliphatic rings. The molecule has 2 rings (SSSR count). The molecule has 4 nitrogen and oxygen atoms in total. The van der Waals surface area contributed by atoms with Gasteiger partial charge in [-0.3, -0.25) is 0 Å². The van der Waals surface area contributed by atoms with E-state index >= 15 is 0 Å². The lowest BCUT2D eigenvalue weighted by atomic mass is 10.1. The van der Waals surface area contributed by atoms with E-state index in [4.69, 9.17) is 5.73 Å². The van der Waals surface area contributed by atoms with Crippen LogP contribution in [-0.4, -0.2) is 25.1 Å². The molecule has 20 heavy (non-hydrogen) atoms. The number of aromatic nitrogens is 2. The third-order valence-electron chi connectivity index (χ3n) is 2.71. The number of nitrogens with zero attached hydrogens (tertiary/aromatic N) is 2. The zero-order chi connectivity index (χ0) is 14.9. The van der Waals surface area contributed by atoms with E-state index in [0.717, 1.165) is 26.6 Å². The Labute approximate surface area is 128 Å². The Bertz CT molecular complexity index is 726. The molecule has 0 unspecified atom stereocenters. The standard InChI is InChI=1S/C14H17BrN4Si/c1-17-14-10-7-18-13(16)9(5-6-20(2,3)4)12(10)11(15)8-19-14/h7-8H,1-4H3,(H2,16,18)(H,17,19). The molecule has 3 N–H and O–H groups in total. The molecule has 6 heteroatoms. The van der Waals surface area contributed by atoms with Crippen molar-refractivity contribution in [3.63, 3.8) is 0 Å². The van der Waals surface area contributed by atoms with Crippen LogP contribution < -0.4 is 11.1 Å². The van der Waals surface area contributed by atoms with E-state index in [1.807, 2.05) is 7.05 Å². The van der Waals surface area contributed by atoms with E-state index in [9.17, 15) is 0 Å². The van der Waals surface area contributed by atoms with Crippen LogP contribution in [0, 0.1) is 11.5 Å². The van der Waals surface area contributed by atoms with Gasteiger partial charge in [-0.15, -0.1) is 5.54 Å². The van der Waals surface area contributed by atoms with Crippen LogP contribution in [0.2, 0.25) is 19.6 Å². The van der Waals surface area contributed by atoms with Crippen molar-refractivity contribution in [2.45, 2.75) is 19.6 Å². The highest BCUT2D eigenvalue weighted by molar-refractivity contribution is 9.10. The van der Waals surface area contributed by atoms with Crippen molar-refractivity contribution in [3.8, 4) is 11.5 Å². The van der Waals surface area contributed by atoms with Gasteiger partial charge >= 0.3 is 0 Å². The molecule has 0 aliphatic carbocycles. The first kappa shape index (κ1) is 14.8. The van der Waals surface area contributed by atoms with E-state index in [-0.39, 0.29) is 0 Å². The minimum atomic E-state index is -1.48. The van der Waals surface area contributed by atoms with Crippen LogP contribution in [0.25, 0.3) is 10.8 Å². The molecule has 0 fully saturated rings. The number of halogens is 1. The summed E-state index contributed by atoms with van der Waals surface area (Å²) in [5, 5.41) is 4.94. The zero-order valence-electron chi connectivity index (χ0n) is 12.0. The van der Waals surface area contributed by atoms with Gasteiger partial charge in [0.15, 0.2) is 0 Å². The number of nitrogens with two attached hydrogens (primary N) is 1. The Morgan fingerprint density at radius 2 is 1.95 bits per heavy atom. The summed E-state index contributed by atoms with van der Waals surface area (Å²) >= 11 is 3.54. The molecule has 0 radical (unpaired) electrons. The molecular formula is C14H17BrN4Si. The highest BCUT2D eigenvalue weighted by Crippen LogP contribution is 2.32. The van der Waals surface area contributed by atoms with Crippen molar-refractivity contribution < 1.29 is 0 Å². The SMILES string of the molecule is CNc1ncc(Br)c2c(C#C[Si](C)(C)C)c(N)ncc12. The van der Waals surface area contributed by atoms with Crippen molar-refractivity contribution >= 4 is 46.4 Å². The summed E-state index contributed by atoms with van der Waals surface area (Å²) in [6, 6.07) is 0. The van der Waals surface area contributed by atoms with Crippen molar-refractivity contribution in [2.24, 2.45) is 0 Å². The van der Waals surface area contributed by atoms with Crippen molar-refractivity contribution in [1.29, 1.82) is 0 Å². The Balaban J connectivity index is 2.82. The molecule has 2 heterocycles. The second kappa shape index (κ2) is 5.42. The zero-order valence-corrected chi connectivity index (χ0v) is 14.6. The molecule has 2 aromatic rings. The van der Waals surface area contributed by atoms with Crippen LogP contribution in [0.1, 0.15) is 5.56 Å². The summed E-state index contributed by atoms with van der Waals surface area (Å²) in [6.45, 7) is 6.60. The third-order valence-corrected chi connectivity index (χ3v) is 4.18. The molecule has 0 aliphatic heterocycles. The van der Waals surface area contributed by atoms with E-state index in [1.165, 1.54) is 0 Å². The third kappa shape index (κ3) is 2.94. The Kier molecular flexibility index (Phi) is 4.02. The summed E-state index contributed by atoms with van der Waals surface area (Å²) in [6.07, 6.45) is 3.49. The summed E-state index contributed by atoms with van der Waals surface area (Å²) in [4.78, 5) is 8.57. The highest BCUT2D eigenvalue weighted by atomic mass is 79.9. The number of hydrogen-bond acceptors (Lipinski definition) is 4. The predicted octanol–water partition coefficient (Wildman–Crippen LogP) is 3.25. The Hall–Kier alpha value is -1.58. The predicted molar refractivity (Wildman–Crippen MR) is 91.4 cm³/mol. The maximum atomic E-state index is 6.02. The summed E-state index contributed by atoms with van der Waals surface area (Å²) in [5.74, 6) is 4.45. The first-order valence-electron chi connectivity index (χ1n) is 6.27. The molecule has 0 bridgehead atoms. The number of pyridine rings is 2. The molecule has 0 amide bonds. The number of fused-ring (bicyclic) bond motifs is 1. The van der Waals surface area contributed by atoms with Gasteiger partial charge in [0.2, 0.25) is 0 Å². The van der Waals surface area contributed by atoms with Gasteiger partial charge in [-0.1, -0.05) is 25.6 Å². The first-order valence-corrected chi connectivity index (χ1v) is 10.6. The maximum absolute atomic E-state index is 6.02. The molecule has 104 valence electrons. The second-order valence-electron chi connectivity index (χ2n) is 5.51. The van der Waals surface area contributed by atoms with Gasteiger partial charge < -0.3 is 11.1 Å². The molecule has 0 spiro atoms. The Morgan fingerprint density at radius 3 is 2.55 bits per heavy atom. The van der Waals surface area contributed by atoms with Gasteiger partial charge in [-0.25, -0.2) is 9.97 Å². The summed E-state index contributed by atoms with van der Waals surface area (Å²) < 4.78 is 0.875. The fourth-order valence-electron chi connectivity index (χ4n) is 1.78. The highest BCUT2D eigenvalue weighted by Gasteiger charge is 2.13. The fourth-order valence-corrected chi connectivity index (χ4v) is 2.80. The average molecular weight is 349 g/mol. The van der Waals surface area contributed by atoms with Gasteiger partial charge in [0.25, 0.3) is 0 Å². The first-order chi connectivity index (χ1) is 9.33. The van der Waals surface area contributed by atoms with Gasteiger partial charge in [0, 0.05) is 34.7 Å². The maximum Gasteiger partial charge on any atom is 0.139 e. The van der Waals surface area contributed by atoms with Gasteiger partial charge in [0.1, 0.15) is 19.7 Å². The minimum absolute atomic E-state index is 0.456. The molecular weight excluding hydrogens is 332 g/mol. The average Bonchev–Trinajstić information content (AvgIpc) is 2.37. The fraction of sp³-hybridized carbons (Fsp3) is 0.286. The van der Waals surface area contributed by atoms with Crippen LogP contribution in [-0.2, 0) is 0 Å². The largest absolute Gasteiger partial charge is 0.383 e. The molecule has 0 aromatic carbocycles. The van der Waals surface area contributed by atoms with E-state index in [0.29, 0.717) is 5.82 Å².